The number of hydrogen-bond donors (Lipinski definition) is 4. The van der Waals surface area contributed by atoms with Crippen molar-refractivity contribution in [3.63, 3.8) is 0 Å². The van der Waals surface area contributed by atoms with Crippen molar-refractivity contribution in [1.82, 2.24) is 0 Å². The average molecular weight is 347 g/mol. The van der Waals surface area contributed by atoms with Gasteiger partial charge in [0.05, 0.1) is 0 Å². The van der Waals surface area contributed by atoms with Crippen LogP contribution in [-0.2, 0) is 13.4 Å². The summed E-state index contributed by atoms with van der Waals surface area (Å²) in [6.07, 6.45) is 0. The molecule has 0 rings (SSSR count). The molecule has 0 unspecified atom stereocenters. The van der Waals surface area contributed by atoms with Gasteiger partial charge in [-0.3, -0.25) is 0 Å². The SMILES string of the molecule is O=P(O)(O)OP(=O)(O)O.[AlH3].[BaH2]. The van der Waals surface area contributed by atoms with E-state index in [-0.39, 0.29) is 66.2 Å². The second kappa shape index (κ2) is 6.76. The Labute approximate surface area is 113 Å². The van der Waals surface area contributed by atoms with Crippen LogP contribution in [-0.4, -0.2) is 85.8 Å². The topological polar surface area (TPSA) is 124 Å². The van der Waals surface area contributed by atoms with Gasteiger partial charge in [0.1, 0.15) is 0 Å². The Hall–Kier alpha value is 2.36. The van der Waals surface area contributed by atoms with Crippen LogP contribution in [0.15, 0.2) is 0 Å². The molecular weight excluding hydrogens is 338 g/mol. The Kier molecular flexibility index (Phi) is 11.7. The first kappa shape index (κ1) is 19.0. The summed E-state index contributed by atoms with van der Waals surface area (Å²) in [4.78, 5) is 31.0. The predicted molar refractivity (Wildman–Crippen MR) is 43.7 cm³/mol. The van der Waals surface area contributed by atoms with Crippen molar-refractivity contribution < 1.29 is 33.0 Å². The van der Waals surface area contributed by atoms with Gasteiger partial charge < -0.3 is 19.6 Å². The van der Waals surface area contributed by atoms with Crippen molar-refractivity contribution in [2.24, 2.45) is 0 Å². The first-order chi connectivity index (χ1) is 3.71. The van der Waals surface area contributed by atoms with Gasteiger partial charge in [-0.05, 0) is 0 Å². The van der Waals surface area contributed by atoms with Crippen LogP contribution in [0.4, 0.5) is 0 Å². The molecule has 0 aromatic heterocycles. The first-order valence-electron chi connectivity index (χ1n) is 1.53. The van der Waals surface area contributed by atoms with Gasteiger partial charge in [0.15, 0.2) is 17.4 Å². The van der Waals surface area contributed by atoms with Crippen LogP contribution in [0.5, 0.6) is 0 Å². The molecule has 0 radical (unpaired) electrons. The summed E-state index contributed by atoms with van der Waals surface area (Å²) >= 11 is 0. The maximum absolute atomic E-state index is 9.63. The average Bonchev–Trinajstić information content (AvgIpc) is 1.14. The van der Waals surface area contributed by atoms with Gasteiger partial charge >= 0.3 is 64.5 Å². The molecule has 0 aliphatic rings. The molecule has 0 fully saturated rings. The third-order valence-electron chi connectivity index (χ3n) is 0.213. The molecule has 0 aliphatic heterocycles. The third kappa shape index (κ3) is 19.0. The van der Waals surface area contributed by atoms with E-state index in [0.717, 1.165) is 0 Å². The first-order valence-corrected chi connectivity index (χ1v) is 4.59. The van der Waals surface area contributed by atoms with Gasteiger partial charge in [-0.1, -0.05) is 0 Å². The van der Waals surface area contributed by atoms with Crippen molar-refractivity contribution in [1.29, 1.82) is 0 Å². The summed E-state index contributed by atoms with van der Waals surface area (Å²) in [5, 5.41) is 0. The van der Waals surface area contributed by atoms with Gasteiger partial charge in [-0.2, -0.15) is 4.31 Å². The van der Waals surface area contributed by atoms with E-state index in [9.17, 15) is 9.13 Å². The fourth-order valence-electron chi connectivity index (χ4n) is 0.139. The second-order valence-electron chi connectivity index (χ2n) is 1.06. The fourth-order valence-corrected chi connectivity index (χ4v) is 1.25. The fraction of sp³-hybridized carbons (Fsp3) is 0. The van der Waals surface area contributed by atoms with Gasteiger partial charge in [-0.25, -0.2) is 9.13 Å². The van der Waals surface area contributed by atoms with E-state index in [1.165, 1.54) is 0 Å². The van der Waals surface area contributed by atoms with Gasteiger partial charge in [0.25, 0.3) is 0 Å². The normalized spacial score (nSPS) is 11.3. The molecule has 11 heavy (non-hydrogen) atoms. The van der Waals surface area contributed by atoms with Crippen LogP contribution in [0.25, 0.3) is 0 Å². The molecule has 0 aromatic carbocycles. The molecule has 0 aliphatic carbocycles. The van der Waals surface area contributed by atoms with Crippen molar-refractivity contribution in [3.8, 4) is 0 Å². The van der Waals surface area contributed by atoms with Crippen molar-refractivity contribution >= 4 is 81.9 Å². The molecule has 66 valence electrons. The minimum atomic E-state index is -5.05. The number of rotatable bonds is 2. The monoisotopic (exact) mass is 348 g/mol. The molecular formula is H9AlBaO7P2. The predicted octanol–water partition coefficient (Wildman–Crippen LogP) is -2.91. The summed E-state index contributed by atoms with van der Waals surface area (Å²) < 4.78 is 22.2. The summed E-state index contributed by atoms with van der Waals surface area (Å²) in [6, 6.07) is 0. The molecule has 0 amide bonds. The number of phosphoric acid groups is 2. The molecule has 0 spiro atoms. The van der Waals surface area contributed by atoms with E-state index < -0.39 is 15.6 Å². The van der Waals surface area contributed by atoms with Crippen LogP contribution < -0.4 is 0 Å². The zero-order valence-corrected chi connectivity index (χ0v) is 5.70. The quantitative estimate of drug-likeness (QED) is 0.312. The Bertz CT molecular complexity index is 157. The summed E-state index contributed by atoms with van der Waals surface area (Å²) in [5.41, 5.74) is 0. The molecule has 0 saturated carbocycles. The summed E-state index contributed by atoms with van der Waals surface area (Å²) in [7, 11) is -10.1. The van der Waals surface area contributed by atoms with Crippen LogP contribution >= 0.6 is 15.6 Å². The minimum absolute atomic E-state index is 0. The molecule has 11 heteroatoms. The zero-order valence-electron chi connectivity index (χ0n) is 3.91. The van der Waals surface area contributed by atoms with Crippen LogP contribution in [0.1, 0.15) is 0 Å². The molecule has 0 aromatic rings. The molecule has 4 N–H and O–H groups in total. The van der Waals surface area contributed by atoms with Crippen molar-refractivity contribution in [2.45, 2.75) is 0 Å². The molecule has 0 atom stereocenters. The Balaban J connectivity index is -0.000000320. The molecule has 0 bridgehead atoms. The van der Waals surface area contributed by atoms with Gasteiger partial charge in [0, 0.05) is 0 Å². The van der Waals surface area contributed by atoms with E-state index >= 15 is 0 Å². The van der Waals surface area contributed by atoms with E-state index in [1.807, 2.05) is 0 Å². The molecule has 0 saturated heterocycles. The molecule has 0 heterocycles. The van der Waals surface area contributed by atoms with E-state index in [4.69, 9.17) is 19.6 Å². The number of hydrogen-bond acceptors (Lipinski definition) is 3. The standard InChI is InChI=1S/Al.Ba.H4O7P2.5H/c;;1-8(2,3)7-9(4,5)6;;;;;/h;;(H2,1,2,3)(H2,4,5,6);;;;;. The molecule has 7 nitrogen and oxygen atoms in total. The maximum atomic E-state index is 9.63. The van der Waals surface area contributed by atoms with E-state index in [1.54, 1.807) is 0 Å². The van der Waals surface area contributed by atoms with Gasteiger partial charge in [0.2, 0.25) is 0 Å². The summed E-state index contributed by atoms with van der Waals surface area (Å²) in [6.45, 7) is 0. The van der Waals surface area contributed by atoms with Crippen LogP contribution in [0, 0.1) is 0 Å². The van der Waals surface area contributed by atoms with Crippen molar-refractivity contribution in [3.05, 3.63) is 0 Å². The Morgan fingerprint density at radius 2 is 1.09 bits per heavy atom. The zero-order chi connectivity index (χ0) is 7.71. The van der Waals surface area contributed by atoms with E-state index in [2.05, 4.69) is 4.31 Å². The van der Waals surface area contributed by atoms with Crippen LogP contribution in [0.2, 0.25) is 0 Å². The van der Waals surface area contributed by atoms with Crippen LogP contribution in [0.3, 0.4) is 0 Å². The third-order valence-corrected chi connectivity index (χ3v) is 1.91. The Morgan fingerprint density at radius 1 is 0.909 bits per heavy atom. The second-order valence-corrected chi connectivity index (χ2v) is 3.68. The Morgan fingerprint density at radius 3 is 1.09 bits per heavy atom. The van der Waals surface area contributed by atoms with Crippen molar-refractivity contribution in [2.75, 3.05) is 0 Å². The summed E-state index contributed by atoms with van der Waals surface area (Å²) in [5.74, 6) is 0. The van der Waals surface area contributed by atoms with E-state index in [0.29, 0.717) is 0 Å². The van der Waals surface area contributed by atoms with Gasteiger partial charge in [-0.15, -0.1) is 0 Å².